The highest BCUT2D eigenvalue weighted by molar-refractivity contribution is 7.92. The largest absolute Gasteiger partial charge is 0.398 e. The second kappa shape index (κ2) is 6.55. The molecule has 1 aromatic carbocycles. The van der Waals surface area contributed by atoms with E-state index in [0.29, 0.717) is 30.5 Å². The maximum Gasteiger partial charge on any atom is 0.194 e. The van der Waals surface area contributed by atoms with E-state index >= 15 is 0 Å². The third kappa shape index (κ3) is 3.46. The SMILES string of the molecule is CCCC(N)S(=O)(=O)c1cccc(N)c1CCC#N. The lowest BCUT2D eigenvalue weighted by molar-refractivity contribution is 0.570. The zero-order valence-electron chi connectivity index (χ0n) is 11.0. The van der Waals surface area contributed by atoms with E-state index in [9.17, 15) is 8.42 Å². The van der Waals surface area contributed by atoms with Crippen LogP contribution < -0.4 is 11.5 Å². The molecule has 0 heterocycles. The second-order valence-corrected chi connectivity index (χ2v) is 6.49. The first-order valence-corrected chi connectivity index (χ1v) is 7.73. The molecule has 5 nitrogen and oxygen atoms in total. The van der Waals surface area contributed by atoms with Crippen LogP contribution in [0.2, 0.25) is 0 Å². The van der Waals surface area contributed by atoms with E-state index in [2.05, 4.69) is 0 Å². The average Bonchev–Trinajstić information content (AvgIpc) is 2.37. The Balaban J connectivity index is 3.26. The van der Waals surface area contributed by atoms with Gasteiger partial charge in [0.2, 0.25) is 0 Å². The number of nitrogen functional groups attached to an aromatic ring is 1. The van der Waals surface area contributed by atoms with Gasteiger partial charge in [0, 0.05) is 12.1 Å². The minimum atomic E-state index is -3.60. The first kappa shape index (κ1) is 15.5. The van der Waals surface area contributed by atoms with E-state index in [1.807, 2.05) is 13.0 Å². The number of nitrogens with two attached hydrogens (primary N) is 2. The lowest BCUT2D eigenvalue weighted by Gasteiger charge is -2.16. The van der Waals surface area contributed by atoms with Crippen molar-refractivity contribution in [3.63, 3.8) is 0 Å². The minimum Gasteiger partial charge on any atom is -0.398 e. The number of sulfone groups is 1. The summed E-state index contributed by atoms with van der Waals surface area (Å²) in [5.74, 6) is 0. The zero-order chi connectivity index (χ0) is 14.5. The highest BCUT2D eigenvalue weighted by atomic mass is 32.2. The van der Waals surface area contributed by atoms with Crippen molar-refractivity contribution in [3.8, 4) is 6.07 Å². The molecule has 0 aliphatic heterocycles. The Morgan fingerprint density at radius 2 is 2.11 bits per heavy atom. The highest BCUT2D eigenvalue weighted by Gasteiger charge is 2.26. The molecular weight excluding hydrogens is 262 g/mol. The van der Waals surface area contributed by atoms with Crippen LogP contribution >= 0.6 is 0 Å². The lowest BCUT2D eigenvalue weighted by Crippen LogP contribution is -2.31. The van der Waals surface area contributed by atoms with Crippen LogP contribution in [0.1, 0.15) is 31.7 Å². The van der Waals surface area contributed by atoms with Gasteiger partial charge in [-0.1, -0.05) is 19.4 Å². The molecule has 0 fully saturated rings. The van der Waals surface area contributed by atoms with Gasteiger partial charge in [0.1, 0.15) is 5.37 Å². The number of rotatable bonds is 6. The molecule has 0 saturated carbocycles. The van der Waals surface area contributed by atoms with Crippen LogP contribution in [0.15, 0.2) is 23.1 Å². The quantitative estimate of drug-likeness (QED) is 0.769. The van der Waals surface area contributed by atoms with Gasteiger partial charge in [-0.25, -0.2) is 8.42 Å². The molecule has 1 rings (SSSR count). The van der Waals surface area contributed by atoms with Crippen molar-refractivity contribution in [1.82, 2.24) is 0 Å². The van der Waals surface area contributed by atoms with Crippen LogP contribution in [0.5, 0.6) is 0 Å². The monoisotopic (exact) mass is 281 g/mol. The zero-order valence-corrected chi connectivity index (χ0v) is 11.8. The van der Waals surface area contributed by atoms with Gasteiger partial charge in [0.25, 0.3) is 0 Å². The molecule has 1 atom stereocenters. The van der Waals surface area contributed by atoms with Crippen molar-refractivity contribution in [2.45, 2.75) is 42.9 Å². The first-order chi connectivity index (χ1) is 8.95. The lowest BCUT2D eigenvalue weighted by atomic mass is 10.1. The molecule has 19 heavy (non-hydrogen) atoms. The topological polar surface area (TPSA) is 110 Å². The van der Waals surface area contributed by atoms with Gasteiger partial charge >= 0.3 is 0 Å². The molecule has 0 bridgehead atoms. The fourth-order valence-electron chi connectivity index (χ4n) is 1.90. The molecule has 0 aliphatic carbocycles. The van der Waals surface area contributed by atoms with Crippen molar-refractivity contribution in [3.05, 3.63) is 23.8 Å². The Kier molecular flexibility index (Phi) is 5.33. The Bertz CT molecular complexity index is 576. The second-order valence-electron chi connectivity index (χ2n) is 4.35. The normalized spacial score (nSPS) is 12.9. The third-order valence-corrected chi connectivity index (χ3v) is 4.96. The summed E-state index contributed by atoms with van der Waals surface area (Å²) in [5, 5.41) is 7.71. The Hall–Kier alpha value is -1.58. The molecule has 0 amide bonds. The summed E-state index contributed by atoms with van der Waals surface area (Å²) in [6.45, 7) is 1.88. The van der Waals surface area contributed by atoms with E-state index in [1.165, 1.54) is 6.07 Å². The fourth-order valence-corrected chi connectivity index (χ4v) is 3.60. The van der Waals surface area contributed by atoms with Crippen LogP contribution in [-0.2, 0) is 16.3 Å². The van der Waals surface area contributed by atoms with Gasteiger partial charge in [-0.3, -0.25) is 0 Å². The Morgan fingerprint density at radius 1 is 1.42 bits per heavy atom. The van der Waals surface area contributed by atoms with Crippen LogP contribution in [0.25, 0.3) is 0 Å². The summed E-state index contributed by atoms with van der Waals surface area (Å²) in [7, 11) is -3.60. The summed E-state index contributed by atoms with van der Waals surface area (Å²) >= 11 is 0. The Morgan fingerprint density at radius 3 is 2.68 bits per heavy atom. The third-order valence-electron chi connectivity index (χ3n) is 2.93. The van der Waals surface area contributed by atoms with E-state index in [0.717, 1.165) is 0 Å². The molecule has 0 aromatic heterocycles. The smallest absolute Gasteiger partial charge is 0.194 e. The maximum atomic E-state index is 12.4. The van der Waals surface area contributed by atoms with Gasteiger partial charge in [-0.2, -0.15) is 5.26 Å². The highest BCUT2D eigenvalue weighted by Crippen LogP contribution is 2.26. The summed E-state index contributed by atoms with van der Waals surface area (Å²) < 4.78 is 24.8. The van der Waals surface area contributed by atoms with Crippen molar-refractivity contribution >= 4 is 15.5 Å². The summed E-state index contributed by atoms with van der Waals surface area (Å²) in [6, 6.07) is 6.73. The molecule has 4 N–H and O–H groups in total. The predicted octanol–water partition coefficient (Wildman–Crippen LogP) is 1.58. The van der Waals surface area contributed by atoms with Crippen LogP contribution in [0.3, 0.4) is 0 Å². The molecule has 6 heteroatoms. The molecule has 0 saturated heterocycles. The molecule has 0 spiro atoms. The van der Waals surface area contributed by atoms with E-state index in [-0.39, 0.29) is 11.3 Å². The molecule has 104 valence electrons. The van der Waals surface area contributed by atoms with Crippen molar-refractivity contribution in [1.29, 1.82) is 5.26 Å². The van der Waals surface area contributed by atoms with Crippen molar-refractivity contribution in [2.75, 3.05) is 5.73 Å². The summed E-state index contributed by atoms with van der Waals surface area (Å²) in [5.41, 5.74) is 12.5. The summed E-state index contributed by atoms with van der Waals surface area (Å²) in [4.78, 5) is 0.156. The Labute approximate surface area is 114 Å². The van der Waals surface area contributed by atoms with Gasteiger partial charge in [-0.05, 0) is 30.5 Å². The number of hydrogen-bond acceptors (Lipinski definition) is 5. The minimum absolute atomic E-state index is 0.156. The number of nitrogens with zero attached hydrogens (tertiary/aromatic N) is 1. The van der Waals surface area contributed by atoms with Gasteiger partial charge in [0.15, 0.2) is 9.84 Å². The maximum absolute atomic E-state index is 12.4. The fraction of sp³-hybridized carbons (Fsp3) is 0.462. The van der Waals surface area contributed by atoms with E-state index < -0.39 is 15.2 Å². The average molecular weight is 281 g/mol. The van der Waals surface area contributed by atoms with E-state index in [4.69, 9.17) is 16.7 Å². The van der Waals surface area contributed by atoms with Crippen LogP contribution in [0.4, 0.5) is 5.69 Å². The van der Waals surface area contributed by atoms with Gasteiger partial charge in [-0.15, -0.1) is 0 Å². The van der Waals surface area contributed by atoms with Crippen LogP contribution in [-0.4, -0.2) is 13.8 Å². The first-order valence-electron chi connectivity index (χ1n) is 6.19. The van der Waals surface area contributed by atoms with Gasteiger partial charge in [0.05, 0.1) is 11.0 Å². The molecule has 1 unspecified atom stereocenters. The number of benzene rings is 1. The number of hydrogen-bond donors (Lipinski definition) is 2. The number of nitriles is 1. The molecule has 0 aliphatic rings. The standard InChI is InChI=1S/C13H19N3O2S/c1-2-5-13(16)19(17,18)12-8-3-7-11(15)10(12)6-4-9-14/h3,7-8,13H,2,4-6,15-16H2,1H3. The van der Waals surface area contributed by atoms with Crippen molar-refractivity contribution < 1.29 is 8.42 Å². The van der Waals surface area contributed by atoms with E-state index in [1.54, 1.807) is 12.1 Å². The molecular formula is C13H19N3O2S. The molecule has 1 aromatic rings. The summed E-state index contributed by atoms with van der Waals surface area (Å²) in [6.07, 6.45) is 1.63. The molecule has 0 radical (unpaired) electrons. The van der Waals surface area contributed by atoms with Crippen LogP contribution in [0, 0.1) is 11.3 Å². The predicted molar refractivity (Wildman–Crippen MR) is 74.9 cm³/mol. The number of anilines is 1. The van der Waals surface area contributed by atoms with Crippen molar-refractivity contribution in [2.24, 2.45) is 5.73 Å². The van der Waals surface area contributed by atoms with Gasteiger partial charge < -0.3 is 11.5 Å².